The number of amides is 2. The second-order valence-electron chi connectivity index (χ2n) is 13.8. The van der Waals surface area contributed by atoms with Gasteiger partial charge in [-0.1, -0.05) is 37.2 Å². The minimum absolute atomic E-state index is 0.0495. The maximum atomic E-state index is 12.7. The molecule has 2 aromatic rings. The molecule has 212 valence electrons. The molecule has 40 heavy (non-hydrogen) atoms. The van der Waals surface area contributed by atoms with E-state index in [-0.39, 0.29) is 41.2 Å². The number of imide groups is 1. The van der Waals surface area contributed by atoms with Gasteiger partial charge in [0.15, 0.2) is 5.76 Å². The summed E-state index contributed by atoms with van der Waals surface area (Å²) in [6, 6.07) is 8.65. The Bertz CT molecular complexity index is 1350. The van der Waals surface area contributed by atoms with Crippen molar-refractivity contribution in [2.24, 2.45) is 34.5 Å². The molecule has 0 bridgehead atoms. The van der Waals surface area contributed by atoms with E-state index in [1.54, 1.807) is 30.3 Å². The van der Waals surface area contributed by atoms with E-state index in [1.807, 2.05) is 6.08 Å². The summed E-state index contributed by atoms with van der Waals surface area (Å²) in [5, 5.41) is 26.9. The molecule has 8 atom stereocenters. The van der Waals surface area contributed by atoms with Gasteiger partial charge in [-0.2, -0.15) is 0 Å². The molecule has 4 aliphatic carbocycles. The monoisotopic (exact) mass is 544 g/mol. The van der Waals surface area contributed by atoms with Crippen LogP contribution in [0.25, 0.3) is 6.08 Å². The van der Waals surface area contributed by atoms with Crippen LogP contribution >= 0.6 is 0 Å². The number of fused-ring (bicyclic) bond motifs is 6. The molecule has 4 fully saturated rings. The third-order valence-corrected chi connectivity index (χ3v) is 12.2. The van der Waals surface area contributed by atoms with Gasteiger partial charge in [0.25, 0.3) is 11.8 Å². The summed E-state index contributed by atoms with van der Waals surface area (Å²) in [4.78, 5) is 26.7. The van der Waals surface area contributed by atoms with E-state index in [0.717, 1.165) is 57.8 Å². The Labute approximate surface area is 235 Å². The molecule has 7 rings (SSSR count). The molecule has 2 N–H and O–H groups in total. The second kappa shape index (κ2) is 9.12. The second-order valence-corrected chi connectivity index (χ2v) is 13.8. The zero-order valence-corrected chi connectivity index (χ0v) is 23.5. The van der Waals surface area contributed by atoms with E-state index in [0.29, 0.717) is 40.3 Å². The first-order valence-electron chi connectivity index (χ1n) is 15.1. The van der Waals surface area contributed by atoms with Crippen LogP contribution in [0.15, 0.2) is 40.9 Å². The van der Waals surface area contributed by atoms with Crippen LogP contribution in [0.3, 0.4) is 0 Å². The Morgan fingerprint density at radius 2 is 1.75 bits per heavy atom. The standard InChI is InChI=1S/C33H40N2O5/c1-31-14-12-23(36)17-21(31)8-10-28-27(31)13-15-32(2)20(11-16-33(28,32)39)7-9-22-18-24(40-34-22)19-35-29(37)25-5-3-4-6-26(25)30(35)38/h3-7,9,18,20-21,23,27-28,36,39H,8,10-17,19H2,1-2H3/b9-7+/t20-,21+,23-,27?,28?,31-,32+,33-/m0/s1. The van der Waals surface area contributed by atoms with Crippen molar-refractivity contribution in [3.63, 3.8) is 0 Å². The molecule has 5 aliphatic rings. The summed E-state index contributed by atoms with van der Waals surface area (Å²) in [6.45, 7) is 4.79. The van der Waals surface area contributed by atoms with Gasteiger partial charge in [0.1, 0.15) is 5.69 Å². The van der Waals surface area contributed by atoms with Crippen LogP contribution in [-0.4, -0.2) is 43.8 Å². The molecule has 1 aliphatic heterocycles. The van der Waals surface area contributed by atoms with E-state index >= 15 is 0 Å². The van der Waals surface area contributed by atoms with Crippen LogP contribution in [0.4, 0.5) is 0 Å². The Morgan fingerprint density at radius 1 is 1.00 bits per heavy atom. The van der Waals surface area contributed by atoms with E-state index < -0.39 is 5.60 Å². The lowest BCUT2D eigenvalue weighted by molar-refractivity contribution is -0.207. The van der Waals surface area contributed by atoms with Crippen molar-refractivity contribution in [1.29, 1.82) is 0 Å². The number of rotatable bonds is 4. The van der Waals surface area contributed by atoms with Gasteiger partial charge in [-0.05, 0) is 105 Å². The SMILES string of the molecule is C[C@]12CC[C@H](O)C[C@H]1CCC1C2CC[C@]2(C)[C@@H](/C=C/c3cc(CN4C(=O)c5ccccc5C4=O)on3)CC[C@]12O. The summed E-state index contributed by atoms with van der Waals surface area (Å²) in [6.07, 6.45) is 13.0. The molecule has 4 saturated carbocycles. The number of carbonyl (C=O) groups excluding carboxylic acids is 2. The molecule has 0 saturated heterocycles. The highest BCUT2D eigenvalue weighted by molar-refractivity contribution is 6.21. The molecule has 7 heteroatoms. The number of nitrogens with zero attached hydrogens (tertiary/aromatic N) is 2. The average Bonchev–Trinajstić information content (AvgIpc) is 3.58. The molecule has 7 nitrogen and oxygen atoms in total. The van der Waals surface area contributed by atoms with E-state index in [1.165, 1.54) is 4.90 Å². The number of hydrogen-bond acceptors (Lipinski definition) is 6. The van der Waals surface area contributed by atoms with Gasteiger partial charge in [-0.3, -0.25) is 14.5 Å². The molecule has 1 aromatic carbocycles. The largest absolute Gasteiger partial charge is 0.393 e. The molecule has 2 heterocycles. The van der Waals surface area contributed by atoms with Crippen LogP contribution < -0.4 is 0 Å². The minimum atomic E-state index is -0.671. The number of carbonyl (C=O) groups is 2. The van der Waals surface area contributed by atoms with Crippen LogP contribution in [0.1, 0.15) is 104 Å². The molecular formula is C33H40N2O5. The normalized spacial score (nSPS) is 40.7. The summed E-state index contributed by atoms with van der Waals surface area (Å²) >= 11 is 0. The van der Waals surface area contributed by atoms with Gasteiger partial charge in [0.2, 0.25) is 0 Å². The maximum absolute atomic E-state index is 12.7. The zero-order chi connectivity index (χ0) is 27.9. The number of hydrogen-bond donors (Lipinski definition) is 2. The van der Waals surface area contributed by atoms with Crippen molar-refractivity contribution < 1.29 is 24.3 Å². The van der Waals surface area contributed by atoms with Gasteiger partial charge >= 0.3 is 0 Å². The fourth-order valence-electron chi connectivity index (χ4n) is 9.79. The lowest BCUT2D eigenvalue weighted by Gasteiger charge is -2.63. The van der Waals surface area contributed by atoms with Crippen LogP contribution in [0.5, 0.6) is 0 Å². The van der Waals surface area contributed by atoms with E-state index in [4.69, 9.17) is 4.52 Å². The quantitative estimate of drug-likeness (QED) is 0.485. The lowest BCUT2D eigenvalue weighted by Crippen LogP contribution is -2.62. The van der Waals surface area contributed by atoms with E-state index in [9.17, 15) is 19.8 Å². The van der Waals surface area contributed by atoms with Crippen LogP contribution in [0, 0.1) is 34.5 Å². The average molecular weight is 545 g/mol. The first-order valence-corrected chi connectivity index (χ1v) is 15.1. The molecule has 1 aromatic heterocycles. The fourth-order valence-corrected chi connectivity index (χ4v) is 9.79. The summed E-state index contributed by atoms with van der Waals surface area (Å²) < 4.78 is 5.51. The lowest BCUT2D eigenvalue weighted by atomic mass is 9.43. The van der Waals surface area contributed by atoms with Crippen molar-refractivity contribution in [2.75, 3.05) is 0 Å². The van der Waals surface area contributed by atoms with Gasteiger partial charge in [0, 0.05) is 11.5 Å². The first-order chi connectivity index (χ1) is 19.1. The Morgan fingerprint density at radius 3 is 2.50 bits per heavy atom. The number of aromatic nitrogens is 1. The highest BCUT2D eigenvalue weighted by Gasteiger charge is 2.66. The van der Waals surface area contributed by atoms with Gasteiger partial charge in [-0.15, -0.1) is 0 Å². The molecule has 0 spiro atoms. The number of aliphatic hydroxyl groups excluding tert-OH is 1. The van der Waals surface area contributed by atoms with E-state index in [2.05, 4.69) is 25.1 Å². The predicted octanol–water partition coefficient (Wildman–Crippen LogP) is 5.62. The predicted molar refractivity (Wildman–Crippen MR) is 149 cm³/mol. The van der Waals surface area contributed by atoms with Gasteiger partial charge in [0.05, 0.1) is 29.4 Å². The van der Waals surface area contributed by atoms with Gasteiger partial charge in [-0.25, -0.2) is 0 Å². The first kappa shape index (κ1) is 26.1. The molecule has 2 amide bonds. The van der Waals surface area contributed by atoms with Crippen molar-refractivity contribution in [3.05, 3.63) is 59.0 Å². The van der Waals surface area contributed by atoms with Crippen molar-refractivity contribution >= 4 is 17.9 Å². The number of allylic oxidation sites excluding steroid dienone is 1. The molecular weight excluding hydrogens is 504 g/mol. The Hall–Kier alpha value is -2.77. The summed E-state index contributed by atoms with van der Waals surface area (Å²) in [5.41, 5.74) is 0.876. The molecule has 0 radical (unpaired) electrons. The zero-order valence-electron chi connectivity index (χ0n) is 23.5. The Balaban J connectivity index is 1.06. The molecule has 2 unspecified atom stereocenters. The van der Waals surface area contributed by atoms with Crippen molar-refractivity contribution in [3.8, 4) is 0 Å². The highest BCUT2D eigenvalue weighted by Crippen LogP contribution is 2.69. The third-order valence-electron chi connectivity index (χ3n) is 12.2. The smallest absolute Gasteiger partial charge is 0.261 e. The summed E-state index contributed by atoms with van der Waals surface area (Å²) in [5.74, 6) is 1.51. The third kappa shape index (κ3) is 3.66. The van der Waals surface area contributed by atoms with Crippen molar-refractivity contribution in [2.45, 2.75) is 89.9 Å². The highest BCUT2D eigenvalue weighted by atomic mass is 16.5. The van der Waals surface area contributed by atoms with Crippen LogP contribution in [-0.2, 0) is 6.54 Å². The van der Waals surface area contributed by atoms with Crippen molar-refractivity contribution in [1.82, 2.24) is 10.1 Å². The van der Waals surface area contributed by atoms with Crippen LogP contribution in [0.2, 0.25) is 0 Å². The number of benzene rings is 1. The number of aliphatic hydroxyl groups is 2. The summed E-state index contributed by atoms with van der Waals surface area (Å²) in [7, 11) is 0. The maximum Gasteiger partial charge on any atom is 0.261 e. The topological polar surface area (TPSA) is 104 Å². The Kier molecular flexibility index (Phi) is 5.96. The van der Waals surface area contributed by atoms with Gasteiger partial charge < -0.3 is 14.7 Å². The minimum Gasteiger partial charge on any atom is -0.393 e. The fraction of sp³-hybridized carbons (Fsp3) is 0.606.